The molecule has 1 fully saturated rings. The average molecular weight is 251 g/mol. The van der Waals surface area contributed by atoms with Crippen LogP contribution in [0.4, 0.5) is 11.6 Å². The van der Waals surface area contributed by atoms with Gasteiger partial charge in [0.25, 0.3) is 0 Å². The van der Waals surface area contributed by atoms with Crippen molar-refractivity contribution in [3.05, 3.63) is 11.9 Å². The Hall–Kier alpha value is -1.40. The summed E-state index contributed by atoms with van der Waals surface area (Å²) in [5.74, 6) is 7.43. The molecule has 0 aliphatic heterocycles. The number of nitrogens with zero attached hydrogens (tertiary/aromatic N) is 2. The molecule has 1 aromatic heterocycles. The lowest BCUT2D eigenvalue weighted by atomic mass is 10.1. The fraction of sp³-hybridized carbons (Fsp3) is 0.667. The van der Waals surface area contributed by atoms with E-state index in [0.717, 1.165) is 12.4 Å². The number of hydrogen-bond donors (Lipinski definition) is 3. The van der Waals surface area contributed by atoms with E-state index in [9.17, 15) is 0 Å². The minimum absolute atomic E-state index is 0.401. The average Bonchev–Trinajstić information content (AvgIpc) is 3.12. The summed E-state index contributed by atoms with van der Waals surface area (Å²) in [6.07, 6.45) is 2.55. The zero-order valence-electron chi connectivity index (χ0n) is 11.0. The van der Waals surface area contributed by atoms with Gasteiger partial charge in [0.1, 0.15) is 18.2 Å². The Labute approximate surface area is 107 Å². The van der Waals surface area contributed by atoms with E-state index in [1.54, 1.807) is 6.07 Å². The van der Waals surface area contributed by atoms with Gasteiger partial charge in [0, 0.05) is 19.2 Å². The summed E-state index contributed by atoms with van der Waals surface area (Å²) in [4.78, 5) is 8.64. The normalized spacial score (nSPS) is 16.4. The molecule has 0 bridgehead atoms. The number of rotatable bonds is 7. The van der Waals surface area contributed by atoms with Crippen molar-refractivity contribution in [1.29, 1.82) is 0 Å². The van der Waals surface area contributed by atoms with Gasteiger partial charge in [-0.05, 0) is 25.2 Å². The quantitative estimate of drug-likeness (QED) is 0.503. The SMILES string of the molecule is CCOCc1nc(NN)cc(NCC2(C)CC2)n1. The minimum Gasteiger partial charge on any atom is -0.374 e. The van der Waals surface area contributed by atoms with Gasteiger partial charge in [0.05, 0.1) is 0 Å². The van der Waals surface area contributed by atoms with E-state index < -0.39 is 0 Å². The molecule has 4 N–H and O–H groups in total. The molecule has 1 aliphatic rings. The molecular weight excluding hydrogens is 230 g/mol. The van der Waals surface area contributed by atoms with Crippen LogP contribution in [0.5, 0.6) is 0 Å². The fourth-order valence-corrected chi connectivity index (χ4v) is 1.61. The third kappa shape index (κ3) is 3.54. The lowest BCUT2D eigenvalue weighted by Gasteiger charge is -2.12. The summed E-state index contributed by atoms with van der Waals surface area (Å²) in [6, 6.07) is 1.81. The summed E-state index contributed by atoms with van der Waals surface area (Å²) < 4.78 is 5.31. The molecule has 0 radical (unpaired) electrons. The molecule has 0 amide bonds. The molecule has 1 aliphatic carbocycles. The Kier molecular flexibility index (Phi) is 3.98. The lowest BCUT2D eigenvalue weighted by Crippen LogP contribution is -2.16. The van der Waals surface area contributed by atoms with Crippen LogP contribution in [-0.2, 0) is 11.3 Å². The highest BCUT2D eigenvalue weighted by atomic mass is 16.5. The van der Waals surface area contributed by atoms with Crippen LogP contribution in [0, 0.1) is 5.41 Å². The first kappa shape index (κ1) is 13.0. The van der Waals surface area contributed by atoms with Crippen molar-refractivity contribution < 1.29 is 4.74 Å². The number of hydrazine groups is 1. The van der Waals surface area contributed by atoms with Crippen molar-refractivity contribution in [2.45, 2.75) is 33.3 Å². The van der Waals surface area contributed by atoms with Crippen LogP contribution in [0.25, 0.3) is 0 Å². The molecule has 18 heavy (non-hydrogen) atoms. The van der Waals surface area contributed by atoms with Crippen LogP contribution < -0.4 is 16.6 Å². The molecule has 1 heterocycles. The third-order valence-electron chi connectivity index (χ3n) is 3.16. The van der Waals surface area contributed by atoms with E-state index in [-0.39, 0.29) is 0 Å². The van der Waals surface area contributed by atoms with Crippen molar-refractivity contribution >= 4 is 11.6 Å². The molecule has 0 unspecified atom stereocenters. The first-order valence-corrected chi connectivity index (χ1v) is 6.31. The molecular formula is C12H21N5O. The maximum absolute atomic E-state index is 5.40. The Balaban J connectivity index is 2.02. The van der Waals surface area contributed by atoms with Gasteiger partial charge in [0.2, 0.25) is 0 Å². The smallest absolute Gasteiger partial charge is 0.158 e. The first-order chi connectivity index (χ1) is 8.65. The molecule has 0 aromatic carbocycles. The predicted octanol–water partition coefficient (Wildman–Crippen LogP) is 1.51. The fourth-order valence-electron chi connectivity index (χ4n) is 1.61. The summed E-state index contributed by atoms with van der Waals surface area (Å²) in [5.41, 5.74) is 2.98. The molecule has 0 saturated heterocycles. The van der Waals surface area contributed by atoms with Gasteiger partial charge < -0.3 is 15.5 Å². The summed E-state index contributed by atoms with van der Waals surface area (Å²) >= 11 is 0. The van der Waals surface area contributed by atoms with Crippen molar-refractivity contribution in [1.82, 2.24) is 9.97 Å². The number of nitrogen functional groups attached to an aromatic ring is 1. The van der Waals surface area contributed by atoms with Gasteiger partial charge >= 0.3 is 0 Å². The largest absolute Gasteiger partial charge is 0.374 e. The molecule has 6 nitrogen and oxygen atoms in total. The van der Waals surface area contributed by atoms with Crippen molar-refractivity contribution in [3.63, 3.8) is 0 Å². The monoisotopic (exact) mass is 251 g/mol. The first-order valence-electron chi connectivity index (χ1n) is 6.31. The summed E-state index contributed by atoms with van der Waals surface area (Å²) in [7, 11) is 0. The van der Waals surface area contributed by atoms with E-state index in [0.29, 0.717) is 30.3 Å². The highest BCUT2D eigenvalue weighted by Gasteiger charge is 2.36. The van der Waals surface area contributed by atoms with Gasteiger partial charge in [-0.1, -0.05) is 6.92 Å². The maximum Gasteiger partial charge on any atom is 0.158 e. The van der Waals surface area contributed by atoms with Crippen LogP contribution in [0.15, 0.2) is 6.07 Å². The van der Waals surface area contributed by atoms with Crippen LogP contribution in [0.3, 0.4) is 0 Å². The highest BCUT2D eigenvalue weighted by Crippen LogP contribution is 2.44. The lowest BCUT2D eigenvalue weighted by molar-refractivity contribution is 0.128. The minimum atomic E-state index is 0.401. The van der Waals surface area contributed by atoms with Gasteiger partial charge in [-0.3, -0.25) is 0 Å². The molecule has 6 heteroatoms. The van der Waals surface area contributed by atoms with E-state index in [1.165, 1.54) is 12.8 Å². The van der Waals surface area contributed by atoms with Crippen molar-refractivity contribution in [2.75, 3.05) is 23.9 Å². The van der Waals surface area contributed by atoms with Gasteiger partial charge in [-0.2, -0.15) is 0 Å². The zero-order valence-corrected chi connectivity index (χ0v) is 11.0. The van der Waals surface area contributed by atoms with Crippen LogP contribution in [0.2, 0.25) is 0 Å². The van der Waals surface area contributed by atoms with E-state index in [4.69, 9.17) is 10.6 Å². The summed E-state index contributed by atoms with van der Waals surface area (Å²) in [6.45, 7) is 6.19. The summed E-state index contributed by atoms with van der Waals surface area (Å²) in [5, 5.41) is 3.34. The van der Waals surface area contributed by atoms with Crippen molar-refractivity contribution in [3.8, 4) is 0 Å². The van der Waals surface area contributed by atoms with E-state index in [2.05, 4.69) is 27.6 Å². The second kappa shape index (κ2) is 5.49. The zero-order chi connectivity index (χ0) is 13.0. The number of nitrogens with two attached hydrogens (primary N) is 1. The molecule has 2 rings (SSSR count). The molecule has 0 spiro atoms. The molecule has 0 atom stereocenters. The van der Waals surface area contributed by atoms with Crippen molar-refractivity contribution in [2.24, 2.45) is 11.3 Å². The highest BCUT2D eigenvalue weighted by molar-refractivity contribution is 5.47. The van der Waals surface area contributed by atoms with Gasteiger partial charge in [-0.15, -0.1) is 0 Å². The second-order valence-electron chi connectivity index (χ2n) is 5.00. The third-order valence-corrected chi connectivity index (χ3v) is 3.16. The van der Waals surface area contributed by atoms with Crippen LogP contribution >= 0.6 is 0 Å². The van der Waals surface area contributed by atoms with E-state index in [1.807, 2.05) is 6.92 Å². The van der Waals surface area contributed by atoms with Crippen LogP contribution in [-0.4, -0.2) is 23.1 Å². The molecule has 100 valence electrons. The Morgan fingerprint density at radius 2 is 2.11 bits per heavy atom. The van der Waals surface area contributed by atoms with E-state index >= 15 is 0 Å². The number of aromatic nitrogens is 2. The van der Waals surface area contributed by atoms with Gasteiger partial charge in [0.15, 0.2) is 5.82 Å². The Morgan fingerprint density at radius 1 is 1.39 bits per heavy atom. The standard InChI is InChI=1S/C12H21N5O/c1-3-18-7-11-15-9(6-10(16-11)17-13)14-8-12(2)4-5-12/h6H,3-5,7-8,13H2,1-2H3,(H2,14,15,16,17). The number of hydrogen-bond acceptors (Lipinski definition) is 6. The second-order valence-corrected chi connectivity index (χ2v) is 5.00. The number of nitrogens with one attached hydrogen (secondary N) is 2. The number of anilines is 2. The number of ether oxygens (including phenoxy) is 1. The van der Waals surface area contributed by atoms with Crippen LogP contribution in [0.1, 0.15) is 32.5 Å². The molecule has 1 saturated carbocycles. The predicted molar refractivity (Wildman–Crippen MR) is 71.0 cm³/mol. The Bertz CT molecular complexity index is 405. The molecule has 1 aromatic rings. The topological polar surface area (TPSA) is 85.1 Å². The van der Waals surface area contributed by atoms with Gasteiger partial charge in [-0.25, -0.2) is 15.8 Å². The Morgan fingerprint density at radius 3 is 2.72 bits per heavy atom. The maximum atomic E-state index is 5.40.